The van der Waals surface area contributed by atoms with Gasteiger partial charge in [-0.1, -0.05) is 6.92 Å². The summed E-state index contributed by atoms with van der Waals surface area (Å²) in [6.45, 7) is 5.45. The van der Waals surface area contributed by atoms with E-state index in [0.717, 1.165) is 17.8 Å². The van der Waals surface area contributed by atoms with E-state index in [2.05, 4.69) is 20.5 Å². The summed E-state index contributed by atoms with van der Waals surface area (Å²) in [5, 5.41) is 11.1. The van der Waals surface area contributed by atoms with E-state index >= 15 is 0 Å². The van der Waals surface area contributed by atoms with Gasteiger partial charge < -0.3 is 9.73 Å². The smallest absolute Gasteiger partial charge is 0.247 e. The van der Waals surface area contributed by atoms with E-state index in [1.54, 1.807) is 6.20 Å². The molecular formula is C11H14N4O. The van der Waals surface area contributed by atoms with Crippen molar-refractivity contribution in [1.29, 1.82) is 0 Å². The zero-order valence-electron chi connectivity index (χ0n) is 9.40. The van der Waals surface area contributed by atoms with Gasteiger partial charge in [-0.2, -0.15) is 0 Å². The lowest BCUT2D eigenvalue weighted by Crippen LogP contribution is -2.11. The third-order valence-corrected chi connectivity index (χ3v) is 2.14. The Morgan fingerprint density at radius 1 is 1.38 bits per heavy atom. The van der Waals surface area contributed by atoms with E-state index in [1.807, 2.05) is 26.0 Å². The Bertz CT molecular complexity index is 467. The van der Waals surface area contributed by atoms with Gasteiger partial charge in [0, 0.05) is 17.5 Å². The summed E-state index contributed by atoms with van der Waals surface area (Å²) in [5.74, 6) is 1.14. The summed E-state index contributed by atoms with van der Waals surface area (Å²) in [5.41, 5.74) is 1.84. The number of nitrogens with one attached hydrogen (secondary N) is 1. The number of hydrogen-bond acceptors (Lipinski definition) is 5. The molecule has 2 aromatic heterocycles. The number of rotatable bonds is 4. The van der Waals surface area contributed by atoms with Crippen molar-refractivity contribution < 1.29 is 4.42 Å². The molecule has 0 atom stereocenters. The van der Waals surface area contributed by atoms with E-state index < -0.39 is 0 Å². The molecule has 84 valence electrons. The van der Waals surface area contributed by atoms with Gasteiger partial charge in [0.05, 0.1) is 6.54 Å². The predicted octanol–water partition coefficient (Wildman–Crippen LogP) is 1.55. The standard InChI is InChI=1S/C11H14N4O/c1-3-12-7-10-14-15-11(16-10)9-4-5-13-8(2)6-9/h4-6,12H,3,7H2,1-2H3. The zero-order valence-corrected chi connectivity index (χ0v) is 9.40. The molecule has 0 aromatic carbocycles. The number of hydrogen-bond donors (Lipinski definition) is 1. The first kappa shape index (κ1) is 10.8. The van der Waals surface area contributed by atoms with E-state index in [-0.39, 0.29) is 0 Å². The zero-order chi connectivity index (χ0) is 11.4. The minimum absolute atomic E-state index is 0.540. The maximum Gasteiger partial charge on any atom is 0.247 e. The van der Waals surface area contributed by atoms with Crippen LogP contribution in [0.1, 0.15) is 18.5 Å². The molecule has 5 nitrogen and oxygen atoms in total. The third-order valence-electron chi connectivity index (χ3n) is 2.14. The largest absolute Gasteiger partial charge is 0.419 e. The quantitative estimate of drug-likeness (QED) is 0.843. The molecule has 16 heavy (non-hydrogen) atoms. The molecular weight excluding hydrogens is 204 g/mol. The fraction of sp³-hybridized carbons (Fsp3) is 0.364. The molecule has 2 heterocycles. The van der Waals surface area contributed by atoms with Crippen molar-refractivity contribution >= 4 is 0 Å². The molecule has 0 amide bonds. The molecule has 0 bridgehead atoms. The summed E-state index contributed by atoms with van der Waals surface area (Å²) in [6, 6.07) is 3.78. The predicted molar refractivity (Wildman–Crippen MR) is 59.6 cm³/mol. The number of aryl methyl sites for hydroxylation is 1. The fourth-order valence-corrected chi connectivity index (χ4v) is 1.35. The number of pyridine rings is 1. The average molecular weight is 218 g/mol. The summed E-state index contributed by atoms with van der Waals surface area (Å²) < 4.78 is 5.51. The first-order valence-electron chi connectivity index (χ1n) is 5.25. The monoisotopic (exact) mass is 218 g/mol. The number of aromatic nitrogens is 3. The lowest BCUT2D eigenvalue weighted by Gasteiger charge is -1.96. The molecule has 0 fully saturated rings. The van der Waals surface area contributed by atoms with Gasteiger partial charge >= 0.3 is 0 Å². The Kier molecular flexibility index (Phi) is 3.26. The van der Waals surface area contributed by atoms with E-state index in [9.17, 15) is 0 Å². The number of nitrogens with zero attached hydrogens (tertiary/aromatic N) is 3. The minimum atomic E-state index is 0.540. The van der Waals surface area contributed by atoms with Gasteiger partial charge in [0.2, 0.25) is 11.8 Å². The Hall–Kier alpha value is -1.75. The molecule has 0 aliphatic rings. The molecule has 0 aliphatic heterocycles. The van der Waals surface area contributed by atoms with Gasteiger partial charge in [0.15, 0.2) is 0 Å². The van der Waals surface area contributed by atoms with Crippen LogP contribution in [0.15, 0.2) is 22.7 Å². The Morgan fingerprint density at radius 3 is 3.00 bits per heavy atom. The first-order valence-corrected chi connectivity index (χ1v) is 5.25. The highest BCUT2D eigenvalue weighted by atomic mass is 16.4. The Morgan fingerprint density at radius 2 is 2.25 bits per heavy atom. The minimum Gasteiger partial charge on any atom is -0.419 e. The van der Waals surface area contributed by atoms with Crippen molar-refractivity contribution in [3.05, 3.63) is 29.9 Å². The van der Waals surface area contributed by atoms with Crippen molar-refractivity contribution in [2.24, 2.45) is 0 Å². The van der Waals surface area contributed by atoms with Crippen LogP contribution in [0.3, 0.4) is 0 Å². The van der Waals surface area contributed by atoms with Gasteiger partial charge in [-0.05, 0) is 25.6 Å². The van der Waals surface area contributed by atoms with Crippen LogP contribution < -0.4 is 5.32 Å². The van der Waals surface area contributed by atoms with Gasteiger partial charge in [-0.15, -0.1) is 10.2 Å². The summed E-state index contributed by atoms with van der Waals surface area (Å²) in [4.78, 5) is 4.12. The molecule has 5 heteroatoms. The van der Waals surface area contributed by atoms with Crippen LogP contribution >= 0.6 is 0 Å². The fourth-order valence-electron chi connectivity index (χ4n) is 1.35. The topological polar surface area (TPSA) is 63.8 Å². The highest BCUT2D eigenvalue weighted by Gasteiger charge is 2.07. The van der Waals surface area contributed by atoms with Crippen LogP contribution in [0.2, 0.25) is 0 Å². The molecule has 0 unspecified atom stereocenters. The van der Waals surface area contributed by atoms with E-state index in [4.69, 9.17) is 4.42 Å². The molecule has 2 aromatic rings. The molecule has 1 N–H and O–H groups in total. The van der Waals surface area contributed by atoms with Gasteiger partial charge in [0.1, 0.15) is 0 Å². The van der Waals surface area contributed by atoms with Crippen molar-refractivity contribution in [2.45, 2.75) is 20.4 Å². The normalized spacial score (nSPS) is 10.6. The summed E-state index contributed by atoms with van der Waals surface area (Å²) >= 11 is 0. The van der Waals surface area contributed by atoms with Crippen LogP contribution in [0, 0.1) is 6.92 Å². The summed E-state index contributed by atoms with van der Waals surface area (Å²) in [7, 11) is 0. The van der Waals surface area contributed by atoms with Crippen LogP contribution in [0.4, 0.5) is 0 Å². The molecule has 2 rings (SSSR count). The highest BCUT2D eigenvalue weighted by Crippen LogP contribution is 2.17. The van der Waals surface area contributed by atoms with E-state index in [1.165, 1.54) is 0 Å². The maximum absolute atomic E-state index is 5.51. The summed E-state index contributed by atoms with van der Waals surface area (Å²) in [6.07, 6.45) is 1.73. The van der Waals surface area contributed by atoms with Crippen LogP contribution in [-0.2, 0) is 6.54 Å². The average Bonchev–Trinajstić information content (AvgIpc) is 2.75. The van der Waals surface area contributed by atoms with Crippen LogP contribution in [0.5, 0.6) is 0 Å². The molecule has 0 radical (unpaired) electrons. The van der Waals surface area contributed by atoms with Crippen LogP contribution in [-0.4, -0.2) is 21.7 Å². The van der Waals surface area contributed by atoms with E-state index in [0.29, 0.717) is 18.3 Å². The van der Waals surface area contributed by atoms with Crippen molar-refractivity contribution in [3.63, 3.8) is 0 Å². The second kappa shape index (κ2) is 4.85. The Balaban J connectivity index is 2.18. The van der Waals surface area contributed by atoms with Gasteiger partial charge in [-0.3, -0.25) is 4.98 Å². The highest BCUT2D eigenvalue weighted by molar-refractivity contribution is 5.52. The van der Waals surface area contributed by atoms with Crippen molar-refractivity contribution in [2.75, 3.05) is 6.54 Å². The Labute approximate surface area is 93.9 Å². The lowest BCUT2D eigenvalue weighted by molar-refractivity contribution is 0.482. The second-order valence-electron chi connectivity index (χ2n) is 3.47. The lowest BCUT2D eigenvalue weighted by atomic mass is 10.2. The molecule has 0 spiro atoms. The molecule has 0 aliphatic carbocycles. The second-order valence-corrected chi connectivity index (χ2v) is 3.47. The van der Waals surface area contributed by atoms with Gasteiger partial charge in [0.25, 0.3) is 0 Å². The molecule has 0 saturated carbocycles. The maximum atomic E-state index is 5.51. The van der Waals surface area contributed by atoms with Gasteiger partial charge in [-0.25, -0.2) is 0 Å². The van der Waals surface area contributed by atoms with Crippen molar-refractivity contribution in [3.8, 4) is 11.5 Å². The van der Waals surface area contributed by atoms with Crippen LogP contribution in [0.25, 0.3) is 11.5 Å². The first-order chi connectivity index (χ1) is 7.79. The molecule has 0 saturated heterocycles. The van der Waals surface area contributed by atoms with Crippen molar-refractivity contribution in [1.82, 2.24) is 20.5 Å². The SMILES string of the molecule is CCNCc1nnc(-c2ccnc(C)c2)o1. The third kappa shape index (κ3) is 2.43.